The van der Waals surface area contributed by atoms with Gasteiger partial charge in [0.2, 0.25) is 5.91 Å². The van der Waals surface area contributed by atoms with Gasteiger partial charge in [-0.1, -0.05) is 45.4 Å². The third-order valence-corrected chi connectivity index (χ3v) is 3.27. The van der Waals surface area contributed by atoms with E-state index in [1.54, 1.807) is 17.0 Å². The van der Waals surface area contributed by atoms with Crippen LogP contribution in [-0.4, -0.2) is 23.9 Å². The Morgan fingerprint density at radius 1 is 1.20 bits per heavy atom. The van der Waals surface area contributed by atoms with E-state index in [0.29, 0.717) is 29.9 Å². The van der Waals surface area contributed by atoms with Crippen LogP contribution in [-0.2, 0) is 11.2 Å². The third kappa shape index (κ3) is 5.12. The largest absolute Gasteiger partial charge is 0.342 e. The molecule has 1 aromatic rings. The molecule has 0 aliphatic heterocycles. The molecule has 112 valence electrons. The maximum atomic E-state index is 13.7. The molecule has 1 rings (SSSR count). The predicted molar refractivity (Wildman–Crippen MR) is 81.4 cm³/mol. The lowest BCUT2D eigenvalue weighted by molar-refractivity contribution is -0.131. The zero-order valence-electron chi connectivity index (χ0n) is 12.6. The van der Waals surface area contributed by atoms with Gasteiger partial charge in [-0.2, -0.15) is 0 Å². The van der Waals surface area contributed by atoms with Gasteiger partial charge in [0.25, 0.3) is 0 Å². The highest BCUT2D eigenvalue weighted by atomic mass is 35.5. The first kappa shape index (κ1) is 17.0. The monoisotopic (exact) mass is 299 g/mol. The Labute approximate surface area is 125 Å². The van der Waals surface area contributed by atoms with Crippen molar-refractivity contribution < 1.29 is 9.18 Å². The van der Waals surface area contributed by atoms with Crippen molar-refractivity contribution in [3.05, 3.63) is 34.6 Å². The average Bonchev–Trinajstić information content (AvgIpc) is 2.31. The maximum Gasteiger partial charge on any atom is 0.227 e. The van der Waals surface area contributed by atoms with E-state index >= 15 is 0 Å². The normalized spacial score (nSPS) is 11.2. The number of carbonyl (C=O) groups is 1. The van der Waals surface area contributed by atoms with Gasteiger partial charge in [-0.25, -0.2) is 4.39 Å². The summed E-state index contributed by atoms with van der Waals surface area (Å²) in [6.45, 7) is 9.63. The Hall–Kier alpha value is -1.09. The van der Waals surface area contributed by atoms with E-state index in [1.807, 2.05) is 0 Å². The van der Waals surface area contributed by atoms with E-state index in [9.17, 15) is 9.18 Å². The van der Waals surface area contributed by atoms with Crippen LogP contribution in [0.4, 0.5) is 4.39 Å². The molecule has 0 saturated heterocycles. The van der Waals surface area contributed by atoms with E-state index in [0.717, 1.165) is 0 Å². The molecular weight excluding hydrogens is 277 g/mol. The van der Waals surface area contributed by atoms with Crippen molar-refractivity contribution >= 4 is 17.5 Å². The highest BCUT2D eigenvalue weighted by molar-refractivity contribution is 6.31. The molecular formula is C16H23ClFNO. The molecule has 0 saturated carbocycles. The highest BCUT2D eigenvalue weighted by Crippen LogP contribution is 2.20. The van der Waals surface area contributed by atoms with Gasteiger partial charge in [-0.15, -0.1) is 0 Å². The minimum Gasteiger partial charge on any atom is -0.342 e. The molecule has 4 heteroatoms. The first-order valence-electron chi connectivity index (χ1n) is 7.02. The summed E-state index contributed by atoms with van der Waals surface area (Å²) in [6.07, 6.45) is 0.0188. The summed E-state index contributed by atoms with van der Waals surface area (Å²) in [5.74, 6) is 0.280. The Balaban J connectivity index is 2.84. The zero-order valence-corrected chi connectivity index (χ0v) is 13.4. The molecule has 1 aromatic carbocycles. The topological polar surface area (TPSA) is 20.3 Å². The zero-order chi connectivity index (χ0) is 15.3. The third-order valence-electron chi connectivity index (χ3n) is 2.91. The number of rotatable bonds is 6. The van der Waals surface area contributed by atoms with E-state index in [4.69, 9.17) is 11.6 Å². The number of carbonyl (C=O) groups excluding carboxylic acids is 1. The molecule has 0 spiro atoms. The summed E-state index contributed by atoms with van der Waals surface area (Å²) in [4.78, 5) is 14.2. The minimum absolute atomic E-state index is 0.0188. The van der Waals surface area contributed by atoms with Crippen molar-refractivity contribution in [3.8, 4) is 0 Å². The highest BCUT2D eigenvalue weighted by Gasteiger charge is 2.19. The number of hydrogen-bond donors (Lipinski definition) is 0. The molecule has 0 fully saturated rings. The summed E-state index contributed by atoms with van der Waals surface area (Å²) in [5.41, 5.74) is 0.289. The SMILES string of the molecule is CC(C)CN(CC(C)C)C(=O)Cc1c(F)cccc1Cl. The van der Waals surface area contributed by atoms with Gasteiger partial charge in [-0.05, 0) is 24.0 Å². The van der Waals surface area contributed by atoms with Crippen LogP contribution >= 0.6 is 11.6 Å². The second kappa shape index (κ2) is 7.63. The Morgan fingerprint density at radius 2 is 1.75 bits per heavy atom. The van der Waals surface area contributed by atoms with Crippen LogP contribution in [0.25, 0.3) is 0 Å². The summed E-state index contributed by atoms with van der Waals surface area (Å²) < 4.78 is 13.7. The van der Waals surface area contributed by atoms with Crippen LogP contribution in [0.2, 0.25) is 5.02 Å². The van der Waals surface area contributed by atoms with E-state index in [-0.39, 0.29) is 17.9 Å². The summed E-state index contributed by atoms with van der Waals surface area (Å²) >= 11 is 5.98. The van der Waals surface area contributed by atoms with E-state index < -0.39 is 5.82 Å². The second-order valence-electron chi connectivity index (χ2n) is 5.96. The standard InChI is InChI=1S/C16H23ClFNO/c1-11(2)9-19(10-12(3)4)16(20)8-13-14(17)6-5-7-15(13)18/h5-7,11-12H,8-10H2,1-4H3. The fourth-order valence-corrected chi connectivity index (χ4v) is 2.35. The molecule has 0 aliphatic carbocycles. The van der Waals surface area contributed by atoms with Gasteiger partial charge in [0.05, 0.1) is 6.42 Å². The molecule has 0 radical (unpaired) electrons. The van der Waals surface area contributed by atoms with Crippen LogP contribution < -0.4 is 0 Å². The lowest BCUT2D eigenvalue weighted by Gasteiger charge is -2.26. The predicted octanol–water partition coefficient (Wildman–Crippen LogP) is 4.16. The molecule has 0 bridgehead atoms. The first-order valence-corrected chi connectivity index (χ1v) is 7.39. The Morgan fingerprint density at radius 3 is 2.20 bits per heavy atom. The second-order valence-corrected chi connectivity index (χ2v) is 6.37. The van der Waals surface area contributed by atoms with Gasteiger partial charge in [0.1, 0.15) is 5.82 Å². The summed E-state index contributed by atoms with van der Waals surface area (Å²) in [6, 6.07) is 4.50. The maximum absolute atomic E-state index is 13.7. The molecule has 1 amide bonds. The first-order chi connectivity index (χ1) is 9.31. The molecule has 0 N–H and O–H groups in total. The molecule has 0 heterocycles. The van der Waals surface area contributed by atoms with Gasteiger partial charge >= 0.3 is 0 Å². The lowest BCUT2D eigenvalue weighted by atomic mass is 10.1. The van der Waals surface area contributed by atoms with Crippen molar-refractivity contribution in [2.45, 2.75) is 34.1 Å². The summed E-state index contributed by atoms with van der Waals surface area (Å²) in [5, 5.41) is 0.312. The van der Waals surface area contributed by atoms with Gasteiger partial charge in [0.15, 0.2) is 0 Å². The molecule has 20 heavy (non-hydrogen) atoms. The molecule has 2 nitrogen and oxygen atoms in total. The molecule has 0 aliphatic rings. The summed E-state index contributed by atoms with van der Waals surface area (Å²) in [7, 11) is 0. The number of nitrogens with zero attached hydrogens (tertiary/aromatic N) is 1. The van der Waals surface area contributed by atoms with Gasteiger partial charge in [0, 0.05) is 23.7 Å². The van der Waals surface area contributed by atoms with Crippen molar-refractivity contribution in [1.29, 1.82) is 0 Å². The smallest absolute Gasteiger partial charge is 0.227 e. The molecule has 0 unspecified atom stereocenters. The quantitative estimate of drug-likeness (QED) is 0.772. The average molecular weight is 300 g/mol. The number of benzene rings is 1. The van der Waals surface area contributed by atoms with Gasteiger partial charge in [-0.3, -0.25) is 4.79 Å². The fourth-order valence-electron chi connectivity index (χ4n) is 2.12. The van der Waals surface area contributed by atoms with Crippen molar-refractivity contribution in [2.75, 3.05) is 13.1 Å². The van der Waals surface area contributed by atoms with Crippen molar-refractivity contribution in [2.24, 2.45) is 11.8 Å². The van der Waals surface area contributed by atoms with E-state index in [1.165, 1.54) is 6.07 Å². The van der Waals surface area contributed by atoms with Crippen LogP contribution in [0.5, 0.6) is 0 Å². The minimum atomic E-state index is -0.417. The van der Waals surface area contributed by atoms with Gasteiger partial charge < -0.3 is 4.90 Å². The van der Waals surface area contributed by atoms with Crippen LogP contribution in [0.1, 0.15) is 33.3 Å². The van der Waals surface area contributed by atoms with Crippen LogP contribution in [0.3, 0.4) is 0 Å². The molecule has 0 atom stereocenters. The fraction of sp³-hybridized carbons (Fsp3) is 0.562. The number of halogens is 2. The van der Waals surface area contributed by atoms with Crippen molar-refractivity contribution in [1.82, 2.24) is 4.90 Å². The lowest BCUT2D eigenvalue weighted by Crippen LogP contribution is -2.38. The van der Waals surface area contributed by atoms with E-state index in [2.05, 4.69) is 27.7 Å². The molecule has 0 aromatic heterocycles. The van der Waals surface area contributed by atoms with Crippen molar-refractivity contribution in [3.63, 3.8) is 0 Å². The van der Waals surface area contributed by atoms with Crippen LogP contribution in [0.15, 0.2) is 18.2 Å². The Bertz CT molecular complexity index is 430. The number of amides is 1. The van der Waals surface area contributed by atoms with Crippen LogP contribution in [0, 0.1) is 17.7 Å². The Kier molecular flexibility index (Phi) is 6.47. The number of hydrogen-bond acceptors (Lipinski definition) is 1.